The molecule has 1 aromatic carbocycles. The number of carbonyl (C=O) groups excluding carboxylic acids is 1. The second kappa shape index (κ2) is 13.6. The predicted octanol–water partition coefficient (Wildman–Crippen LogP) is 6.12. The molecule has 11 heteroatoms. The minimum atomic E-state index is -4.01. The van der Waals surface area contributed by atoms with E-state index in [2.05, 4.69) is 23.7 Å². The molecule has 2 fully saturated rings. The summed E-state index contributed by atoms with van der Waals surface area (Å²) in [6, 6.07) is 14.1. The number of aromatic nitrogens is 1. The molecule has 3 aromatic rings. The van der Waals surface area contributed by atoms with Gasteiger partial charge < -0.3 is 14.9 Å². The van der Waals surface area contributed by atoms with Crippen LogP contribution in [0.25, 0.3) is 10.4 Å². The van der Waals surface area contributed by atoms with Crippen LogP contribution in [0.3, 0.4) is 0 Å². The topological polar surface area (TPSA) is 111 Å². The molecule has 1 saturated heterocycles. The number of hydrogen-bond acceptors (Lipinski definition) is 7. The van der Waals surface area contributed by atoms with Crippen LogP contribution in [-0.2, 0) is 14.8 Å². The Morgan fingerprint density at radius 3 is 2.35 bits per heavy atom. The monoisotopic (exact) mass is 624 g/mol. The number of rotatable bonds is 11. The molecule has 2 aromatic heterocycles. The maximum atomic E-state index is 14.0. The van der Waals surface area contributed by atoms with Crippen molar-refractivity contribution in [2.24, 2.45) is 5.92 Å². The average Bonchev–Trinajstić information content (AvgIpc) is 3.47. The van der Waals surface area contributed by atoms with Crippen LogP contribution < -0.4 is 9.80 Å². The van der Waals surface area contributed by atoms with Crippen molar-refractivity contribution in [3.8, 4) is 10.4 Å². The second-order valence-corrected chi connectivity index (χ2v) is 14.4. The number of carbonyl (C=O) groups is 2. The van der Waals surface area contributed by atoms with Crippen molar-refractivity contribution >= 4 is 44.7 Å². The van der Waals surface area contributed by atoms with Crippen LogP contribution >= 0.6 is 11.3 Å². The molecule has 3 heterocycles. The lowest BCUT2D eigenvalue weighted by Gasteiger charge is -2.44. The van der Waals surface area contributed by atoms with Gasteiger partial charge in [0, 0.05) is 30.7 Å². The molecule has 43 heavy (non-hydrogen) atoms. The van der Waals surface area contributed by atoms with Crippen molar-refractivity contribution < 1.29 is 23.1 Å². The highest BCUT2D eigenvalue weighted by molar-refractivity contribution is 7.89. The Labute approximate surface area is 258 Å². The highest BCUT2D eigenvalue weighted by Crippen LogP contribution is 2.42. The fourth-order valence-corrected chi connectivity index (χ4v) is 8.69. The molecule has 1 atom stereocenters. The molecule has 0 bridgehead atoms. The van der Waals surface area contributed by atoms with Crippen molar-refractivity contribution in [2.45, 2.75) is 69.7 Å². The average molecular weight is 625 g/mol. The van der Waals surface area contributed by atoms with E-state index in [4.69, 9.17) is 0 Å². The van der Waals surface area contributed by atoms with Crippen molar-refractivity contribution in [1.82, 2.24) is 9.29 Å². The zero-order valence-corrected chi connectivity index (χ0v) is 26.4. The Kier molecular flexibility index (Phi) is 9.83. The fourth-order valence-electron chi connectivity index (χ4n) is 6.34. The summed E-state index contributed by atoms with van der Waals surface area (Å²) in [5.41, 5.74) is 1.23. The first kappa shape index (κ1) is 31.2. The molecular weight excluding hydrogens is 585 g/mol. The molecule has 2 aliphatic rings. The van der Waals surface area contributed by atoms with Gasteiger partial charge in [0.15, 0.2) is 0 Å². The quantitative estimate of drug-likeness (QED) is 0.274. The first-order chi connectivity index (χ1) is 20.7. The lowest BCUT2D eigenvalue weighted by Crippen LogP contribution is -2.60. The highest BCUT2D eigenvalue weighted by Gasteiger charge is 2.44. The minimum Gasteiger partial charge on any atom is -0.477 e. The van der Waals surface area contributed by atoms with Gasteiger partial charge in [-0.25, -0.2) is 18.2 Å². The standard InChI is InChI=1S/C32H40N4O5S2/c1-3-17-34(18-4-2)29-16-15-25(20-33-29)43(40,41)35-21-27(23-11-7-5-8-12-23)36(30(37)22-35)26-19-28(42-31(26)32(38)39)24-13-9-6-10-14-24/h6,9-10,13-16,19-20,23,27H,3-5,7-8,11-12,17-18,21-22H2,1-2H3,(H,38,39). The summed E-state index contributed by atoms with van der Waals surface area (Å²) in [6.45, 7) is 5.60. The van der Waals surface area contributed by atoms with E-state index < -0.39 is 27.9 Å². The molecule has 1 unspecified atom stereocenters. The number of anilines is 2. The van der Waals surface area contributed by atoms with Crippen molar-refractivity contribution in [1.29, 1.82) is 0 Å². The SMILES string of the molecule is CCCN(CCC)c1ccc(S(=O)(=O)N2CC(=O)N(c3cc(-c4ccccc4)sc3C(=O)O)C(C3CCCCC3)C2)cn1. The van der Waals surface area contributed by atoms with E-state index >= 15 is 0 Å². The second-order valence-electron chi connectivity index (χ2n) is 11.4. The third-order valence-corrected chi connectivity index (χ3v) is 11.3. The van der Waals surface area contributed by atoms with Crippen molar-refractivity contribution in [2.75, 3.05) is 36.0 Å². The smallest absolute Gasteiger partial charge is 0.348 e. The van der Waals surface area contributed by atoms with E-state index in [1.807, 2.05) is 30.3 Å². The third-order valence-electron chi connectivity index (χ3n) is 8.39. The van der Waals surface area contributed by atoms with Crippen LogP contribution in [0.4, 0.5) is 11.5 Å². The lowest BCUT2D eigenvalue weighted by atomic mass is 9.82. The summed E-state index contributed by atoms with van der Waals surface area (Å²) in [4.78, 5) is 35.5. The first-order valence-electron chi connectivity index (χ1n) is 15.2. The summed E-state index contributed by atoms with van der Waals surface area (Å²) < 4.78 is 29.1. The van der Waals surface area contributed by atoms with E-state index in [0.29, 0.717) is 5.69 Å². The zero-order chi connectivity index (χ0) is 30.6. The number of carboxylic acids is 1. The van der Waals surface area contributed by atoms with Crippen LogP contribution in [0.1, 0.15) is 68.5 Å². The van der Waals surface area contributed by atoms with Gasteiger partial charge in [-0.1, -0.05) is 63.4 Å². The van der Waals surface area contributed by atoms with Gasteiger partial charge in [-0.3, -0.25) is 4.79 Å². The maximum Gasteiger partial charge on any atom is 0.348 e. The Balaban J connectivity index is 1.48. The lowest BCUT2D eigenvalue weighted by molar-refractivity contribution is -0.121. The number of aromatic carboxylic acids is 1. The third kappa shape index (κ3) is 6.63. The zero-order valence-electron chi connectivity index (χ0n) is 24.8. The summed E-state index contributed by atoms with van der Waals surface area (Å²) in [5, 5.41) is 10.2. The number of carboxylic acid groups (broad SMARTS) is 1. The van der Waals surface area contributed by atoms with Gasteiger partial charge in [0.05, 0.1) is 18.3 Å². The van der Waals surface area contributed by atoms with E-state index in [1.54, 1.807) is 23.1 Å². The van der Waals surface area contributed by atoms with Gasteiger partial charge in [0.2, 0.25) is 15.9 Å². The van der Waals surface area contributed by atoms with Crippen LogP contribution in [0.2, 0.25) is 0 Å². The number of amides is 1. The number of sulfonamides is 1. The molecule has 1 aliphatic carbocycles. The van der Waals surface area contributed by atoms with Gasteiger partial charge in [0.25, 0.3) is 0 Å². The van der Waals surface area contributed by atoms with Crippen molar-refractivity contribution in [3.05, 3.63) is 59.6 Å². The first-order valence-corrected chi connectivity index (χ1v) is 17.5. The summed E-state index contributed by atoms with van der Waals surface area (Å²) in [6.07, 6.45) is 8.12. The van der Waals surface area contributed by atoms with Gasteiger partial charge in [-0.15, -0.1) is 11.3 Å². The number of piperazine rings is 1. The van der Waals surface area contributed by atoms with Gasteiger partial charge >= 0.3 is 5.97 Å². The highest BCUT2D eigenvalue weighted by atomic mass is 32.2. The Bertz CT molecular complexity index is 1510. The fraction of sp³-hybridized carbons (Fsp3) is 0.469. The molecule has 1 saturated carbocycles. The predicted molar refractivity (Wildman–Crippen MR) is 170 cm³/mol. The molecule has 0 radical (unpaired) electrons. The van der Waals surface area contributed by atoms with Crippen molar-refractivity contribution in [3.63, 3.8) is 0 Å². The molecule has 5 rings (SSSR count). The summed E-state index contributed by atoms with van der Waals surface area (Å²) >= 11 is 1.14. The van der Waals surface area contributed by atoms with E-state index in [9.17, 15) is 23.1 Å². The van der Waals surface area contributed by atoms with Gasteiger partial charge in [0.1, 0.15) is 15.6 Å². The number of pyridine rings is 1. The largest absolute Gasteiger partial charge is 0.477 e. The minimum absolute atomic E-state index is 0.0564. The molecule has 0 spiro atoms. The number of benzene rings is 1. The molecule has 9 nitrogen and oxygen atoms in total. The Morgan fingerprint density at radius 1 is 1.05 bits per heavy atom. The van der Waals surface area contributed by atoms with Crippen LogP contribution in [-0.4, -0.2) is 66.9 Å². The van der Waals surface area contributed by atoms with Crippen LogP contribution in [0.5, 0.6) is 0 Å². The molecule has 1 N–H and O–H groups in total. The number of thiophene rings is 1. The number of hydrogen-bond donors (Lipinski definition) is 1. The van der Waals surface area contributed by atoms with E-state index in [-0.39, 0.29) is 28.8 Å². The molecular formula is C32H40N4O5S2. The Hall–Kier alpha value is -3.28. The molecule has 1 aliphatic heterocycles. The normalized spacial score (nSPS) is 18.6. The Morgan fingerprint density at radius 2 is 1.74 bits per heavy atom. The maximum absolute atomic E-state index is 14.0. The van der Waals surface area contributed by atoms with E-state index in [0.717, 1.165) is 85.6 Å². The van der Waals surface area contributed by atoms with Crippen LogP contribution in [0.15, 0.2) is 59.6 Å². The van der Waals surface area contributed by atoms with E-state index in [1.165, 1.54) is 10.5 Å². The summed E-state index contributed by atoms with van der Waals surface area (Å²) in [5.74, 6) is -0.711. The summed E-state index contributed by atoms with van der Waals surface area (Å²) in [7, 11) is -4.01. The van der Waals surface area contributed by atoms with Crippen LogP contribution in [0, 0.1) is 5.92 Å². The van der Waals surface area contributed by atoms with Gasteiger partial charge in [-0.2, -0.15) is 4.31 Å². The molecule has 230 valence electrons. The van der Waals surface area contributed by atoms with Gasteiger partial charge in [-0.05, 0) is 55.4 Å². The molecule has 1 amide bonds. The number of nitrogens with zero attached hydrogens (tertiary/aromatic N) is 4.